The van der Waals surface area contributed by atoms with Gasteiger partial charge in [-0.05, 0) is 12.5 Å². The van der Waals surface area contributed by atoms with Crippen LogP contribution < -0.4 is 0 Å². The van der Waals surface area contributed by atoms with Crippen molar-refractivity contribution in [2.45, 2.75) is 19.8 Å². The molecule has 5 heteroatoms. The second-order valence-corrected chi connectivity index (χ2v) is 3.13. The van der Waals surface area contributed by atoms with Gasteiger partial charge < -0.3 is 0 Å². The van der Waals surface area contributed by atoms with Crippen molar-refractivity contribution in [1.29, 1.82) is 5.26 Å². The highest BCUT2D eigenvalue weighted by molar-refractivity contribution is 6.31. The molecule has 1 heterocycles. The molecule has 0 unspecified atom stereocenters. The maximum atomic E-state index is 12.5. The lowest BCUT2D eigenvalue weighted by molar-refractivity contribution is 0.150. The van der Waals surface area contributed by atoms with Crippen molar-refractivity contribution in [3.05, 3.63) is 28.0 Å². The highest BCUT2D eigenvalue weighted by Crippen LogP contribution is 2.30. The van der Waals surface area contributed by atoms with Gasteiger partial charge in [0.25, 0.3) is 6.43 Å². The zero-order valence-corrected chi connectivity index (χ0v) is 8.15. The van der Waals surface area contributed by atoms with Gasteiger partial charge in [-0.2, -0.15) is 5.26 Å². The Balaban J connectivity index is 3.28. The minimum atomic E-state index is -2.64. The molecule has 14 heavy (non-hydrogen) atoms. The van der Waals surface area contributed by atoms with Crippen LogP contribution in [0.25, 0.3) is 0 Å². The van der Waals surface area contributed by atoms with Gasteiger partial charge in [-0.1, -0.05) is 11.6 Å². The predicted molar refractivity (Wildman–Crippen MR) is 48.3 cm³/mol. The van der Waals surface area contributed by atoms with Crippen LogP contribution in [0.1, 0.15) is 23.2 Å². The molecule has 0 saturated carbocycles. The van der Waals surface area contributed by atoms with Crippen LogP contribution in [0.2, 0.25) is 5.02 Å². The van der Waals surface area contributed by atoms with Crippen LogP contribution in [0.15, 0.2) is 6.20 Å². The molecule has 74 valence electrons. The fourth-order valence-electron chi connectivity index (χ4n) is 1.16. The quantitative estimate of drug-likeness (QED) is 0.762. The molecule has 0 radical (unpaired) electrons. The molecule has 0 aromatic carbocycles. The zero-order chi connectivity index (χ0) is 10.7. The van der Waals surface area contributed by atoms with E-state index in [1.54, 1.807) is 0 Å². The highest BCUT2D eigenvalue weighted by atomic mass is 35.5. The third-order valence-electron chi connectivity index (χ3n) is 1.89. The fraction of sp³-hybridized carbons (Fsp3) is 0.333. The van der Waals surface area contributed by atoms with Crippen LogP contribution in [0, 0.1) is 18.3 Å². The smallest absolute Gasteiger partial charge is 0.258 e. The van der Waals surface area contributed by atoms with Gasteiger partial charge in [0.15, 0.2) is 0 Å². The maximum Gasteiger partial charge on any atom is 0.265 e. The molecular formula is C9H7ClF2N2. The molecule has 0 N–H and O–H groups in total. The summed E-state index contributed by atoms with van der Waals surface area (Å²) in [7, 11) is 0. The Kier molecular flexibility index (Phi) is 3.37. The van der Waals surface area contributed by atoms with Crippen LogP contribution >= 0.6 is 11.6 Å². The molecule has 0 aliphatic heterocycles. The van der Waals surface area contributed by atoms with E-state index < -0.39 is 6.43 Å². The molecule has 0 bridgehead atoms. The average molecular weight is 217 g/mol. The average Bonchev–Trinajstić information content (AvgIpc) is 2.10. The molecule has 0 spiro atoms. The van der Waals surface area contributed by atoms with E-state index in [2.05, 4.69) is 4.98 Å². The molecule has 0 fully saturated rings. The van der Waals surface area contributed by atoms with Crippen molar-refractivity contribution >= 4 is 11.6 Å². The third kappa shape index (κ3) is 1.99. The topological polar surface area (TPSA) is 36.7 Å². The number of aromatic nitrogens is 1. The van der Waals surface area contributed by atoms with Gasteiger partial charge in [0.05, 0.1) is 23.2 Å². The summed E-state index contributed by atoms with van der Waals surface area (Å²) in [5.74, 6) is 0. The van der Waals surface area contributed by atoms with E-state index in [1.165, 1.54) is 6.92 Å². The van der Waals surface area contributed by atoms with Gasteiger partial charge in [0.1, 0.15) is 0 Å². The van der Waals surface area contributed by atoms with E-state index >= 15 is 0 Å². The Bertz CT molecular complexity index is 385. The van der Waals surface area contributed by atoms with E-state index in [0.717, 1.165) is 6.20 Å². The van der Waals surface area contributed by atoms with Gasteiger partial charge in [0, 0.05) is 11.8 Å². The number of hydrogen-bond acceptors (Lipinski definition) is 2. The standard InChI is InChI=1S/C9H7ClF2N2/c1-5-7(2-3-13)14-4-6(10)8(5)9(11)12/h4,9H,2H2,1H3. The van der Waals surface area contributed by atoms with E-state index in [0.29, 0.717) is 11.3 Å². The van der Waals surface area contributed by atoms with Crippen molar-refractivity contribution in [3.63, 3.8) is 0 Å². The number of rotatable bonds is 2. The first-order valence-corrected chi connectivity index (χ1v) is 4.24. The van der Waals surface area contributed by atoms with E-state index in [1.807, 2.05) is 6.07 Å². The number of pyridine rings is 1. The summed E-state index contributed by atoms with van der Waals surface area (Å²) in [6.45, 7) is 1.49. The monoisotopic (exact) mass is 216 g/mol. The molecule has 0 saturated heterocycles. The predicted octanol–water partition coefficient (Wildman–Crippen LogP) is 3.05. The molecule has 1 aromatic rings. The van der Waals surface area contributed by atoms with Gasteiger partial charge in [-0.25, -0.2) is 8.78 Å². The van der Waals surface area contributed by atoms with Crippen molar-refractivity contribution < 1.29 is 8.78 Å². The van der Waals surface area contributed by atoms with Crippen LogP contribution in [-0.4, -0.2) is 4.98 Å². The molecule has 0 aliphatic carbocycles. The number of hydrogen-bond donors (Lipinski definition) is 0. The zero-order valence-electron chi connectivity index (χ0n) is 7.39. The van der Waals surface area contributed by atoms with Crippen LogP contribution in [0.5, 0.6) is 0 Å². The van der Waals surface area contributed by atoms with E-state index in [4.69, 9.17) is 16.9 Å². The van der Waals surface area contributed by atoms with Crippen LogP contribution in [0.3, 0.4) is 0 Å². The normalized spacial score (nSPS) is 10.3. The van der Waals surface area contributed by atoms with Crippen molar-refractivity contribution in [2.24, 2.45) is 0 Å². The second-order valence-electron chi connectivity index (χ2n) is 2.73. The lowest BCUT2D eigenvalue weighted by Gasteiger charge is -2.09. The maximum absolute atomic E-state index is 12.5. The lowest BCUT2D eigenvalue weighted by Crippen LogP contribution is -2.00. The first kappa shape index (κ1) is 10.9. The number of alkyl halides is 2. The molecule has 1 rings (SSSR count). The van der Waals surface area contributed by atoms with Gasteiger partial charge in [-0.15, -0.1) is 0 Å². The Labute approximate surface area is 85.1 Å². The van der Waals surface area contributed by atoms with Gasteiger partial charge >= 0.3 is 0 Å². The molecule has 1 aromatic heterocycles. The summed E-state index contributed by atoms with van der Waals surface area (Å²) in [6, 6.07) is 1.86. The van der Waals surface area contributed by atoms with Crippen LogP contribution in [0.4, 0.5) is 8.78 Å². The van der Waals surface area contributed by atoms with E-state index in [9.17, 15) is 8.78 Å². The minimum absolute atomic E-state index is 0.0166. The summed E-state index contributed by atoms with van der Waals surface area (Å²) >= 11 is 5.57. The number of nitrogens with zero attached hydrogens (tertiary/aromatic N) is 2. The summed E-state index contributed by atoms with van der Waals surface area (Å²) < 4.78 is 25.0. The van der Waals surface area contributed by atoms with Gasteiger partial charge in [0.2, 0.25) is 0 Å². The summed E-state index contributed by atoms with van der Waals surface area (Å²) in [5.41, 5.74) is 0.424. The van der Waals surface area contributed by atoms with Crippen LogP contribution in [-0.2, 0) is 6.42 Å². The first-order chi connectivity index (χ1) is 6.57. The molecule has 0 atom stereocenters. The molecule has 0 amide bonds. The minimum Gasteiger partial charge on any atom is -0.258 e. The Morgan fingerprint density at radius 1 is 1.64 bits per heavy atom. The van der Waals surface area contributed by atoms with Crippen molar-refractivity contribution in [2.75, 3.05) is 0 Å². The molecular weight excluding hydrogens is 210 g/mol. The number of nitriles is 1. The molecule has 0 aliphatic rings. The number of halogens is 3. The van der Waals surface area contributed by atoms with Gasteiger partial charge in [-0.3, -0.25) is 4.98 Å². The Morgan fingerprint density at radius 2 is 2.29 bits per heavy atom. The summed E-state index contributed by atoms with van der Waals surface area (Å²) in [4.78, 5) is 3.82. The Morgan fingerprint density at radius 3 is 2.79 bits per heavy atom. The largest absolute Gasteiger partial charge is 0.265 e. The molecule has 2 nitrogen and oxygen atoms in total. The first-order valence-electron chi connectivity index (χ1n) is 3.87. The second kappa shape index (κ2) is 4.34. The van der Waals surface area contributed by atoms with Crippen molar-refractivity contribution in [3.8, 4) is 6.07 Å². The fourth-order valence-corrected chi connectivity index (χ4v) is 1.43. The van der Waals surface area contributed by atoms with Crippen molar-refractivity contribution in [1.82, 2.24) is 4.98 Å². The van der Waals surface area contributed by atoms with E-state index in [-0.39, 0.29) is 17.0 Å². The Hall–Kier alpha value is -1.21. The summed E-state index contributed by atoms with van der Waals surface area (Å²) in [5, 5.41) is 8.38. The summed E-state index contributed by atoms with van der Waals surface area (Å²) in [6.07, 6.45) is -1.46. The highest BCUT2D eigenvalue weighted by Gasteiger charge is 2.17. The third-order valence-corrected chi connectivity index (χ3v) is 2.19. The lowest BCUT2D eigenvalue weighted by atomic mass is 10.1. The SMILES string of the molecule is Cc1c(CC#N)ncc(Cl)c1C(F)F.